The Kier molecular flexibility index (Phi) is 10.5. The fourth-order valence-electron chi connectivity index (χ4n) is 5.36. The number of nitrogens with two attached hydrogens (primary N) is 1. The monoisotopic (exact) mass is 544 g/mol. The van der Waals surface area contributed by atoms with Gasteiger partial charge in [0.2, 0.25) is 11.8 Å². The van der Waals surface area contributed by atoms with Crippen molar-refractivity contribution in [3.8, 4) is 0 Å². The largest absolute Gasteiger partial charge is 0.391 e. The van der Waals surface area contributed by atoms with Crippen LogP contribution >= 0.6 is 0 Å². The average molecular weight is 545 g/mol. The van der Waals surface area contributed by atoms with Crippen LogP contribution in [0.25, 0.3) is 0 Å². The van der Waals surface area contributed by atoms with Crippen LogP contribution in [-0.2, 0) is 22.6 Å². The zero-order valence-electron chi connectivity index (χ0n) is 22.7. The van der Waals surface area contributed by atoms with Crippen molar-refractivity contribution >= 4 is 11.8 Å². The number of carbonyl (C=O) groups excluding carboxylic acids is 2. The van der Waals surface area contributed by atoms with Gasteiger partial charge in [-0.05, 0) is 55.9 Å². The molecule has 2 aromatic rings. The molecule has 1 heterocycles. The highest BCUT2D eigenvalue weighted by molar-refractivity contribution is 5.98. The van der Waals surface area contributed by atoms with Gasteiger partial charge in [0.25, 0.3) is 0 Å². The summed E-state index contributed by atoms with van der Waals surface area (Å²) in [7, 11) is 0. The van der Waals surface area contributed by atoms with Crippen LogP contribution in [-0.4, -0.2) is 41.3 Å². The third kappa shape index (κ3) is 7.39. The molecule has 0 aliphatic heterocycles. The van der Waals surface area contributed by atoms with Gasteiger partial charge in [-0.25, -0.2) is 8.78 Å². The molecule has 1 aromatic carbocycles. The smallest absolute Gasteiger partial charge is 0.247 e. The van der Waals surface area contributed by atoms with E-state index in [1.807, 2.05) is 20.8 Å². The number of halogens is 2. The highest BCUT2D eigenvalue weighted by Crippen LogP contribution is 2.46. The second-order valence-electron chi connectivity index (χ2n) is 10.1. The number of carbonyl (C=O) groups is 2. The lowest BCUT2D eigenvalue weighted by Gasteiger charge is -2.42. The first-order chi connectivity index (χ1) is 18.6. The lowest BCUT2D eigenvalue weighted by molar-refractivity contribution is -0.131. The van der Waals surface area contributed by atoms with E-state index in [0.717, 1.165) is 30.1 Å². The Labute approximate surface area is 227 Å². The molecule has 0 spiro atoms. The van der Waals surface area contributed by atoms with E-state index >= 15 is 0 Å². The lowest BCUT2D eigenvalue weighted by atomic mass is 9.62. The quantitative estimate of drug-likeness (QED) is 0.287. The van der Waals surface area contributed by atoms with Gasteiger partial charge in [-0.2, -0.15) is 0 Å². The number of allylic oxidation sites excluding steroid dienone is 2. The summed E-state index contributed by atoms with van der Waals surface area (Å²) in [4.78, 5) is 26.6. The van der Waals surface area contributed by atoms with E-state index in [9.17, 15) is 23.5 Å². The number of aromatic nitrogens is 1. The van der Waals surface area contributed by atoms with Crippen LogP contribution in [0.4, 0.5) is 8.78 Å². The molecule has 1 aliphatic carbocycles. The summed E-state index contributed by atoms with van der Waals surface area (Å²) >= 11 is 0. The molecule has 3 atom stereocenters. The van der Waals surface area contributed by atoms with Gasteiger partial charge in [-0.15, -0.1) is 0 Å². The molecule has 0 bridgehead atoms. The van der Waals surface area contributed by atoms with E-state index in [1.54, 1.807) is 12.1 Å². The topological polar surface area (TPSA) is 130 Å². The Balaban J connectivity index is 2.05. The molecule has 39 heavy (non-hydrogen) atoms. The third-order valence-electron chi connectivity index (χ3n) is 7.20. The maximum atomic E-state index is 14.1. The molecule has 10 heteroatoms. The Morgan fingerprint density at radius 1 is 1.21 bits per heavy atom. The van der Waals surface area contributed by atoms with Crippen molar-refractivity contribution in [2.75, 3.05) is 13.1 Å². The van der Waals surface area contributed by atoms with Crippen LogP contribution in [0, 0.1) is 23.0 Å². The molecule has 5 N–H and O–H groups in total. The Morgan fingerprint density at radius 3 is 2.51 bits per heavy atom. The van der Waals surface area contributed by atoms with Crippen molar-refractivity contribution in [3.63, 3.8) is 0 Å². The molecule has 0 radical (unpaired) electrons. The summed E-state index contributed by atoms with van der Waals surface area (Å²) in [6.45, 7) is 6.52. The van der Waals surface area contributed by atoms with Crippen molar-refractivity contribution in [2.24, 2.45) is 17.1 Å². The SMILES string of the molecule is CCCNC(=O)C1=C(CCC)C(C)=CC(C(N)=O)([C@H](Cc2cc(F)cc(F)c2)[C@@H](O)CNCc2ccno2)C1. The van der Waals surface area contributed by atoms with E-state index in [2.05, 4.69) is 15.8 Å². The van der Waals surface area contributed by atoms with Gasteiger partial charge in [0.1, 0.15) is 17.4 Å². The summed E-state index contributed by atoms with van der Waals surface area (Å²) in [6.07, 6.45) is 4.12. The Morgan fingerprint density at radius 2 is 1.92 bits per heavy atom. The number of benzene rings is 1. The average Bonchev–Trinajstić information content (AvgIpc) is 3.39. The lowest BCUT2D eigenvalue weighted by Crippen LogP contribution is -2.52. The molecule has 212 valence electrons. The van der Waals surface area contributed by atoms with Gasteiger partial charge in [-0.3, -0.25) is 9.59 Å². The summed E-state index contributed by atoms with van der Waals surface area (Å²) in [6, 6.07) is 4.78. The van der Waals surface area contributed by atoms with Crippen molar-refractivity contribution in [1.29, 1.82) is 0 Å². The molecule has 1 aromatic heterocycles. The number of hydrogen-bond donors (Lipinski definition) is 4. The van der Waals surface area contributed by atoms with Gasteiger partial charge in [0, 0.05) is 36.7 Å². The fourth-order valence-corrected chi connectivity index (χ4v) is 5.36. The van der Waals surface area contributed by atoms with Crippen LogP contribution in [0.1, 0.15) is 57.8 Å². The third-order valence-corrected chi connectivity index (χ3v) is 7.20. The minimum atomic E-state index is -1.49. The molecule has 2 amide bonds. The standard InChI is InChI=1S/C29H38F2N4O4/c1-4-6-23-18(3)14-29(28(32)38,15-24(23)27(37)34-8-5-2)25(12-19-10-20(30)13-21(31)11-19)26(36)17-33-16-22-7-9-35-39-22/h7,9-11,13-14,25-26,33,36H,4-6,8,12,15-17H2,1-3H3,(H2,32,38)(H,34,37)/t25-,26+,29?/m1/s1. The van der Waals surface area contributed by atoms with E-state index < -0.39 is 35.0 Å². The number of aliphatic hydroxyl groups is 1. The van der Waals surface area contributed by atoms with Gasteiger partial charge < -0.3 is 26.0 Å². The predicted molar refractivity (Wildman–Crippen MR) is 143 cm³/mol. The zero-order valence-corrected chi connectivity index (χ0v) is 22.7. The minimum absolute atomic E-state index is 0.0218. The first-order valence-corrected chi connectivity index (χ1v) is 13.3. The van der Waals surface area contributed by atoms with Gasteiger partial charge in [0.15, 0.2) is 0 Å². The molecule has 8 nitrogen and oxygen atoms in total. The van der Waals surface area contributed by atoms with E-state index in [1.165, 1.54) is 18.3 Å². The van der Waals surface area contributed by atoms with Gasteiger partial charge >= 0.3 is 0 Å². The van der Waals surface area contributed by atoms with Crippen molar-refractivity contribution in [3.05, 3.63) is 76.2 Å². The normalized spacial score (nSPS) is 19.0. The van der Waals surface area contributed by atoms with Crippen LogP contribution in [0.3, 0.4) is 0 Å². The highest BCUT2D eigenvalue weighted by Gasteiger charge is 2.49. The number of nitrogens with zero attached hydrogens (tertiary/aromatic N) is 1. The number of aliphatic hydroxyl groups excluding tert-OH is 1. The first kappa shape index (κ1) is 30.2. The Hall–Kier alpha value is -3.37. The number of primary amides is 1. The summed E-state index contributed by atoms with van der Waals surface area (Å²) in [5.74, 6) is -2.91. The predicted octanol–water partition coefficient (Wildman–Crippen LogP) is 3.71. The highest BCUT2D eigenvalue weighted by atomic mass is 19.1. The van der Waals surface area contributed by atoms with E-state index in [-0.39, 0.29) is 37.4 Å². The molecule has 1 aliphatic rings. The Bertz CT molecular complexity index is 1190. The molecule has 1 unspecified atom stereocenters. The number of nitrogens with one attached hydrogen (secondary N) is 2. The maximum absolute atomic E-state index is 14.1. The summed E-state index contributed by atoms with van der Waals surface area (Å²) < 4.78 is 33.3. The van der Waals surface area contributed by atoms with E-state index in [0.29, 0.717) is 24.3 Å². The van der Waals surface area contributed by atoms with Crippen molar-refractivity contribution < 1.29 is 28.0 Å². The molecule has 0 saturated heterocycles. The second kappa shape index (κ2) is 13.6. The number of amides is 2. The van der Waals surface area contributed by atoms with Crippen LogP contribution in [0.2, 0.25) is 0 Å². The van der Waals surface area contributed by atoms with Crippen LogP contribution in [0.15, 0.2) is 57.8 Å². The molecule has 3 rings (SSSR count). The summed E-state index contributed by atoms with van der Waals surface area (Å²) in [5.41, 5.74) is 6.85. The zero-order chi connectivity index (χ0) is 28.6. The maximum Gasteiger partial charge on any atom is 0.247 e. The summed E-state index contributed by atoms with van der Waals surface area (Å²) in [5, 5.41) is 21.1. The fraction of sp³-hybridized carbons (Fsp3) is 0.483. The molecule has 0 saturated carbocycles. The second-order valence-corrected chi connectivity index (χ2v) is 10.1. The molecular formula is C29H38F2N4O4. The minimum Gasteiger partial charge on any atom is -0.391 e. The van der Waals surface area contributed by atoms with Crippen molar-refractivity contribution in [2.45, 2.75) is 65.5 Å². The van der Waals surface area contributed by atoms with Gasteiger partial charge in [0.05, 0.1) is 24.3 Å². The molecular weight excluding hydrogens is 506 g/mol. The van der Waals surface area contributed by atoms with E-state index in [4.69, 9.17) is 10.3 Å². The first-order valence-electron chi connectivity index (χ1n) is 13.3. The van der Waals surface area contributed by atoms with Gasteiger partial charge in [-0.1, -0.05) is 37.1 Å². The van der Waals surface area contributed by atoms with Crippen molar-refractivity contribution in [1.82, 2.24) is 15.8 Å². The molecule has 0 fully saturated rings. The van der Waals surface area contributed by atoms with Crippen LogP contribution < -0.4 is 16.4 Å². The van der Waals surface area contributed by atoms with Crippen LogP contribution in [0.5, 0.6) is 0 Å². The number of hydrogen-bond acceptors (Lipinski definition) is 6. The number of rotatable bonds is 14.